The van der Waals surface area contributed by atoms with Gasteiger partial charge < -0.3 is 10.2 Å². The molecule has 1 N–H and O–H groups in total. The minimum absolute atomic E-state index is 0.0992. The summed E-state index contributed by atoms with van der Waals surface area (Å²) in [6.45, 7) is 1.81. The normalized spacial score (nSPS) is 18.1. The Morgan fingerprint density at radius 1 is 1.48 bits per heavy atom. The summed E-state index contributed by atoms with van der Waals surface area (Å²) in [5, 5.41) is 2.39. The van der Waals surface area contributed by atoms with Gasteiger partial charge in [0.25, 0.3) is 0 Å². The number of carbonyl (C=O) groups excluding carboxylic acids is 2. The predicted octanol–water partition coefficient (Wildman–Crippen LogP) is 2.38. The molecule has 1 unspecified atom stereocenters. The molecule has 0 aliphatic carbocycles. The summed E-state index contributed by atoms with van der Waals surface area (Å²) in [6, 6.07) is 0.216. The largest absolute Gasteiger partial charge is 0.417 e. The van der Waals surface area contributed by atoms with Crippen LogP contribution in [-0.4, -0.2) is 34.3 Å². The van der Waals surface area contributed by atoms with Gasteiger partial charge in [0.05, 0.1) is 22.8 Å². The fraction of sp³-hybridized carbons (Fsp3) is 0.500. The molecule has 1 atom stereocenters. The summed E-state index contributed by atoms with van der Waals surface area (Å²) < 4.78 is 37.6. The van der Waals surface area contributed by atoms with Crippen LogP contribution >= 0.6 is 11.6 Å². The maximum atomic E-state index is 12.5. The lowest BCUT2D eigenvalue weighted by Gasteiger charge is -2.22. The number of hydrogen-bond acceptors (Lipinski definition) is 3. The van der Waals surface area contributed by atoms with Crippen molar-refractivity contribution in [2.24, 2.45) is 0 Å². The number of carbonyl (C=O) groups is 2. The highest BCUT2D eigenvalue weighted by Crippen LogP contribution is 2.31. The summed E-state index contributed by atoms with van der Waals surface area (Å²) >= 11 is 5.78. The predicted molar refractivity (Wildman–Crippen MR) is 76.5 cm³/mol. The van der Waals surface area contributed by atoms with Crippen LogP contribution in [0.4, 0.5) is 13.2 Å². The molecule has 2 amide bonds. The number of rotatable bonds is 3. The number of halogens is 4. The summed E-state index contributed by atoms with van der Waals surface area (Å²) in [5.41, 5.74) is -0.809. The number of nitrogens with zero attached hydrogens (tertiary/aromatic N) is 2. The van der Waals surface area contributed by atoms with Crippen LogP contribution in [0.3, 0.4) is 0 Å². The second-order valence-corrected chi connectivity index (χ2v) is 5.65. The molecule has 0 spiro atoms. The van der Waals surface area contributed by atoms with E-state index >= 15 is 0 Å². The minimum atomic E-state index is -4.52. The van der Waals surface area contributed by atoms with Crippen molar-refractivity contribution < 1.29 is 22.8 Å². The Labute approximate surface area is 135 Å². The van der Waals surface area contributed by atoms with Crippen molar-refractivity contribution >= 4 is 23.4 Å². The number of likely N-dealkylation sites (tertiary alicyclic amines) is 1. The van der Waals surface area contributed by atoms with E-state index in [1.54, 1.807) is 0 Å². The molecular formula is C14H15ClF3N3O2. The maximum absolute atomic E-state index is 12.5. The molecule has 1 aromatic rings. The van der Waals surface area contributed by atoms with E-state index in [4.69, 9.17) is 11.6 Å². The van der Waals surface area contributed by atoms with Crippen molar-refractivity contribution in [2.45, 2.75) is 38.5 Å². The van der Waals surface area contributed by atoms with E-state index in [9.17, 15) is 22.8 Å². The molecule has 2 heterocycles. The van der Waals surface area contributed by atoms with Gasteiger partial charge >= 0.3 is 6.18 Å². The van der Waals surface area contributed by atoms with Crippen LogP contribution in [0.5, 0.6) is 0 Å². The Morgan fingerprint density at radius 3 is 2.74 bits per heavy atom. The molecule has 0 aromatic carbocycles. The Kier molecular flexibility index (Phi) is 5.13. The van der Waals surface area contributed by atoms with Gasteiger partial charge in [0.2, 0.25) is 11.8 Å². The van der Waals surface area contributed by atoms with Gasteiger partial charge in [0.1, 0.15) is 6.04 Å². The summed E-state index contributed by atoms with van der Waals surface area (Å²) in [6.07, 6.45) is -2.56. The van der Waals surface area contributed by atoms with Gasteiger partial charge in [-0.25, -0.2) is 0 Å². The number of nitrogens with one attached hydrogen (secondary N) is 1. The number of hydrogen-bond donors (Lipinski definition) is 1. The lowest BCUT2D eigenvalue weighted by molar-refractivity contribution is -0.137. The molecule has 1 aliphatic rings. The van der Waals surface area contributed by atoms with Crippen LogP contribution in [-0.2, 0) is 22.3 Å². The molecule has 1 fully saturated rings. The highest BCUT2D eigenvalue weighted by Gasteiger charge is 2.33. The van der Waals surface area contributed by atoms with E-state index in [0.29, 0.717) is 19.2 Å². The van der Waals surface area contributed by atoms with Crippen LogP contribution in [0.2, 0.25) is 5.02 Å². The SMILES string of the molecule is CC(=O)N1CCCC1C(=O)NCc1ncc(C(F)(F)F)cc1Cl. The molecule has 1 aliphatic heterocycles. The third-order valence-corrected chi connectivity index (χ3v) is 3.96. The van der Waals surface area contributed by atoms with Crippen molar-refractivity contribution in [3.63, 3.8) is 0 Å². The van der Waals surface area contributed by atoms with E-state index in [0.717, 1.165) is 12.5 Å². The second-order valence-electron chi connectivity index (χ2n) is 5.24. The van der Waals surface area contributed by atoms with Gasteiger partial charge in [-0.1, -0.05) is 11.6 Å². The van der Waals surface area contributed by atoms with Crippen molar-refractivity contribution in [3.05, 3.63) is 28.5 Å². The van der Waals surface area contributed by atoms with Crippen LogP contribution in [0.15, 0.2) is 12.3 Å². The van der Waals surface area contributed by atoms with E-state index < -0.39 is 17.8 Å². The first-order valence-electron chi connectivity index (χ1n) is 6.96. The van der Waals surface area contributed by atoms with E-state index in [1.807, 2.05) is 0 Å². The highest BCUT2D eigenvalue weighted by atomic mass is 35.5. The maximum Gasteiger partial charge on any atom is 0.417 e. The number of amides is 2. The molecule has 1 aromatic heterocycles. The Balaban J connectivity index is 2.01. The fourth-order valence-electron chi connectivity index (χ4n) is 2.46. The van der Waals surface area contributed by atoms with Crippen molar-refractivity contribution in [2.75, 3.05) is 6.54 Å². The van der Waals surface area contributed by atoms with Gasteiger partial charge in [0, 0.05) is 19.7 Å². The zero-order valence-corrected chi connectivity index (χ0v) is 13.0. The summed E-state index contributed by atoms with van der Waals surface area (Å²) in [4.78, 5) is 28.7. The molecule has 0 saturated carbocycles. The van der Waals surface area contributed by atoms with E-state index in [2.05, 4.69) is 10.3 Å². The lowest BCUT2D eigenvalue weighted by Crippen LogP contribution is -2.45. The van der Waals surface area contributed by atoms with Crippen LogP contribution < -0.4 is 5.32 Å². The molecule has 126 valence electrons. The topological polar surface area (TPSA) is 62.3 Å². The Bertz CT molecular complexity index is 622. The molecule has 23 heavy (non-hydrogen) atoms. The van der Waals surface area contributed by atoms with Gasteiger partial charge in [-0.2, -0.15) is 13.2 Å². The van der Waals surface area contributed by atoms with Gasteiger partial charge in [-0.05, 0) is 18.9 Å². The molecule has 0 radical (unpaired) electrons. The minimum Gasteiger partial charge on any atom is -0.349 e. The quantitative estimate of drug-likeness (QED) is 0.911. The zero-order valence-electron chi connectivity index (χ0n) is 12.3. The Morgan fingerprint density at radius 2 is 2.17 bits per heavy atom. The third-order valence-electron chi connectivity index (χ3n) is 3.63. The van der Waals surface area contributed by atoms with Crippen molar-refractivity contribution in [1.82, 2.24) is 15.2 Å². The molecule has 5 nitrogen and oxygen atoms in total. The third kappa shape index (κ3) is 4.13. The molecular weight excluding hydrogens is 335 g/mol. The van der Waals surface area contributed by atoms with Gasteiger partial charge in [-0.3, -0.25) is 14.6 Å². The molecule has 0 bridgehead atoms. The lowest BCUT2D eigenvalue weighted by atomic mass is 10.2. The average molecular weight is 350 g/mol. The molecule has 2 rings (SSSR count). The van der Waals surface area contributed by atoms with Crippen molar-refractivity contribution in [1.29, 1.82) is 0 Å². The van der Waals surface area contributed by atoms with Crippen LogP contribution in [0.1, 0.15) is 31.0 Å². The van der Waals surface area contributed by atoms with E-state index in [-0.39, 0.29) is 29.1 Å². The first-order valence-corrected chi connectivity index (χ1v) is 7.34. The molecule has 1 saturated heterocycles. The van der Waals surface area contributed by atoms with Crippen LogP contribution in [0, 0.1) is 0 Å². The first-order chi connectivity index (χ1) is 10.7. The summed E-state index contributed by atoms with van der Waals surface area (Å²) in [5.74, 6) is -0.552. The highest BCUT2D eigenvalue weighted by molar-refractivity contribution is 6.31. The monoisotopic (exact) mass is 349 g/mol. The Hall–Kier alpha value is -1.83. The average Bonchev–Trinajstić information content (AvgIpc) is 2.94. The summed E-state index contributed by atoms with van der Waals surface area (Å²) in [7, 11) is 0. The number of alkyl halides is 3. The van der Waals surface area contributed by atoms with Crippen molar-refractivity contribution in [3.8, 4) is 0 Å². The number of aromatic nitrogens is 1. The zero-order chi connectivity index (χ0) is 17.2. The number of pyridine rings is 1. The van der Waals surface area contributed by atoms with Gasteiger partial charge in [-0.15, -0.1) is 0 Å². The second kappa shape index (κ2) is 6.74. The smallest absolute Gasteiger partial charge is 0.349 e. The first kappa shape index (κ1) is 17.5. The standard InChI is InChI=1S/C14H15ClF3N3O2/c1-8(22)21-4-2-3-12(21)13(23)20-7-11-10(15)5-9(6-19-11)14(16,17)18/h5-6,12H,2-4,7H2,1H3,(H,20,23). The van der Waals surface area contributed by atoms with Crippen LogP contribution in [0.25, 0.3) is 0 Å². The van der Waals surface area contributed by atoms with Gasteiger partial charge in [0.15, 0.2) is 0 Å². The fourth-order valence-corrected chi connectivity index (χ4v) is 2.69. The molecule has 9 heteroatoms. The van der Waals surface area contributed by atoms with E-state index in [1.165, 1.54) is 11.8 Å².